The van der Waals surface area contributed by atoms with Crippen LogP contribution in [0.4, 0.5) is 4.79 Å². The maximum atomic E-state index is 11.5. The van der Waals surface area contributed by atoms with Crippen molar-refractivity contribution in [2.75, 3.05) is 6.54 Å². The van der Waals surface area contributed by atoms with Crippen molar-refractivity contribution in [2.24, 2.45) is 5.73 Å². The summed E-state index contributed by atoms with van der Waals surface area (Å²) in [4.78, 5) is 11.5. The fourth-order valence-corrected chi connectivity index (χ4v) is 1.06. The van der Waals surface area contributed by atoms with Gasteiger partial charge in [-0.15, -0.1) is 0 Å². The molecule has 15 heavy (non-hydrogen) atoms. The van der Waals surface area contributed by atoms with Crippen molar-refractivity contribution in [3.05, 3.63) is 18.0 Å². The second kappa shape index (κ2) is 4.44. The Morgan fingerprint density at radius 3 is 2.80 bits per heavy atom. The third kappa shape index (κ3) is 3.71. The zero-order valence-corrected chi connectivity index (χ0v) is 9.36. The number of carbonyl (C=O) groups excluding carboxylic acids is 1. The second-order valence-electron chi connectivity index (χ2n) is 4.31. The van der Waals surface area contributed by atoms with Gasteiger partial charge in [0.2, 0.25) is 0 Å². The van der Waals surface area contributed by atoms with Crippen molar-refractivity contribution in [1.82, 2.24) is 9.78 Å². The van der Waals surface area contributed by atoms with E-state index < -0.39 is 11.7 Å². The smallest absolute Gasteiger partial charge is 0.435 e. The Morgan fingerprint density at radius 2 is 2.27 bits per heavy atom. The van der Waals surface area contributed by atoms with Gasteiger partial charge in [0, 0.05) is 6.20 Å². The number of rotatable bonds is 2. The highest BCUT2D eigenvalue weighted by Crippen LogP contribution is 2.09. The molecule has 0 saturated heterocycles. The van der Waals surface area contributed by atoms with Crippen LogP contribution >= 0.6 is 0 Å². The van der Waals surface area contributed by atoms with Crippen molar-refractivity contribution in [3.8, 4) is 0 Å². The van der Waals surface area contributed by atoms with E-state index in [9.17, 15) is 4.79 Å². The van der Waals surface area contributed by atoms with E-state index in [1.54, 1.807) is 12.4 Å². The molecule has 5 heteroatoms. The van der Waals surface area contributed by atoms with Crippen molar-refractivity contribution in [2.45, 2.75) is 32.8 Å². The number of hydrogen-bond donors (Lipinski definition) is 1. The Bertz CT molecular complexity index is 339. The monoisotopic (exact) mass is 211 g/mol. The highest BCUT2D eigenvalue weighted by Gasteiger charge is 2.18. The molecule has 5 nitrogen and oxygen atoms in total. The van der Waals surface area contributed by atoms with E-state index in [1.807, 2.05) is 20.8 Å². The SMILES string of the molecule is CC(C)(C)OC(=O)n1cc(CCN)cn1. The molecule has 0 unspecified atom stereocenters. The van der Waals surface area contributed by atoms with Gasteiger partial charge in [-0.1, -0.05) is 0 Å². The summed E-state index contributed by atoms with van der Waals surface area (Å²) in [6.45, 7) is 5.99. The zero-order valence-electron chi connectivity index (χ0n) is 9.36. The van der Waals surface area contributed by atoms with Crippen LogP contribution in [0.3, 0.4) is 0 Å². The Hall–Kier alpha value is -1.36. The number of nitrogens with zero attached hydrogens (tertiary/aromatic N) is 2. The average Bonchev–Trinajstić information content (AvgIpc) is 2.50. The highest BCUT2D eigenvalue weighted by molar-refractivity contribution is 5.69. The molecule has 0 amide bonds. The Labute approximate surface area is 89.2 Å². The van der Waals surface area contributed by atoms with Crippen molar-refractivity contribution >= 4 is 6.09 Å². The van der Waals surface area contributed by atoms with Gasteiger partial charge >= 0.3 is 6.09 Å². The van der Waals surface area contributed by atoms with Crippen molar-refractivity contribution in [1.29, 1.82) is 0 Å². The van der Waals surface area contributed by atoms with E-state index in [1.165, 1.54) is 4.68 Å². The summed E-state index contributed by atoms with van der Waals surface area (Å²) in [7, 11) is 0. The number of hydrogen-bond acceptors (Lipinski definition) is 4. The summed E-state index contributed by atoms with van der Waals surface area (Å²) in [6, 6.07) is 0. The molecule has 0 aliphatic rings. The minimum Gasteiger partial charge on any atom is -0.442 e. The molecule has 0 spiro atoms. The molecule has 0 saturated carbocycles. The first-order valence-corrected chi connectivity index (χ1v) is 4.89. The van der Waals surface area contributed by atoms with Gasteiger partial charge in [0.25, 0.3) is 0 Å². The molecule has 0 fully saturated rings. The zero-order chi connectivity index (χ0) is 11.5. The predicted octanol–water partition coefficient (Wildman–Crippen LogP) is 1.17. The molecule has 1 aromatic heterocycles. The van der Waals surface area contributed by atoms with Gasteiger partial charge in [0.15, 0.2) is 0 Å². The van der Waals surface area contributed by atoms with Crippen LogP contribution in [0.2, 0.25) is 0 Å². The van der Waals surface area contributed by atoms with Gasteiger partial charge in [-0.25, -0.2) is 4.79 Å². The standard InChI is InChI=1S/C10H17N3O2/c1-10(2,3)15-9(14)13-7-8(4-5-11)6-12-13/h6-7H,4-5,11H2,1-3H3. The van der Waals surface area contributed by atoms with E-state index in [0.717, 1.165) is 5.56 Å². The van der Waals surface area contributed by atoms with Crippen LogP contribution < -0.4 is 5.73 Å². The third-order valence-electron chi connectivity index (χ3n) is 1.65. The maximum absolute atomic E-state index is 11.5. The fraction of sp³-hybridized carbons (Fsp3) is 0.600. The third-order valence-corrected chi connectivity index (χ3v) is 1.65. The lowest BCUT2D eigenvalue weighted by Gasteiger charge is -2.18. The average molecular weight is 211 g/mol. The normalized spacial score (nSPS) is 11.5. The minimum absolute atomic E-state index is 0.467. The number of nitrogens with two attached hydrogens (primary N) is 1. The van der Waals surface area contributed by atoms with Crippen molar-refractivity contribution < 1.29 is 9.53 Å². The van der Waals surface area contributed by atoms with E-state index >= 15 is 0 Å². The quantitative estimate of drug-likeness (QED) is 0.797. The summed E-state index contributed by atoms with van der Waals surface area (Å²) in [5.74, 6) is 0. The number of aromatic nitrogens is 2. The lowest BCUT2D eigenvalue weighted by molar-refractivity contribution is 0.0514. The summed E-state index contributed by atoms with van der Waals surface area (Å²) in [6.07, 6.45) is 3.51. The minimum atomic E-state index is -0.503. The summed E-state index contributed by atoms with van der Waals surface area (Å²) >= 11 is 0. The van der Waals surface area contributed by atoms with Gasteiger partial charge in [0.1, 0.15) is 5.60 Å². The van der Waals surface area contributed by atoms with E-state index in [-0.39, 0.29) is 0 Å². The lowest BCUT2D eigenvalue weighted by atomic mass is 10.2. The van der Waals surface area contributed by atoms with E-state index in [0.29, 0.717) is 13.0 Å². The molecular formula is C10H17N3O2. The van der Waals surface area contributed by atoms with E-state index in [4.69, 9.17) is 10.5 Å². The van der Waals surface area contributed by atoms with Gasteiger partial charge in [-0.05, 0) is 39.3 Å². The largest absolute Gasteiger partial charge is 0.442 e. The number of carbonyl (C=O) groups is 1. The fourth-order valence-electron chi connectivity index (χ4n) is 1.06. The summed E-state index contributed by atoms with van der Waals surface area (Å²) in [5, 5.41) is 3.91. The summed E-state index contributed by atoms with van der Waals surface area (Å²) < 4.78 is 6.34. The van der Waals surface area contributed by atoms with Crippen LogP contribution in [-0.2, 0) is 11.2 Å². The first-order chi connectivity index (χ1) is 6.92. The Morgan fingerprint density at radius 1 is 1.60 bits per heavy atom. The predicted molar refractivity (Wildman–Crippen MR) is 56.6 cm³/mol. The van der Waals surface area contributed by atoms with Gasteiger partial charge in [-0.2, -0.15) is 9.78 Å². The molecule has 0 aromatic carbocycles. The maximum Gasteiger partial charge on any atom is 0.435 e. The van der Waals surface area contributed by atoms with E-state index in [2.05, 4.69) is 5.10 Å². The molecule has 0 aliphatic carbocycles. The summed E-state index contributed by atoms with van der Waals surface area (Å²) in [5.41, 5.74) is 5.83. The molecule has 1 heterocycles. The van der Waals surface area contributed by atoms with Gasteiger partial charge < -0.3 is 10.5 Å². The molecule has 2 N–H and O–H groups in total. The van der Waals surface area contributed by atoms with Crippen LogP contribution in [-0.4, -0.2) is 28.0 Å². The van der Waals surface area contributed by atoms with Crippen LogP contribution in [0.1, 0.15) is 26.3 Å². The van der Waals surface area contributed by atoms with Crippen LogP contribution in [0, 0.1) is 0 Å². The van der Waals surface area contributed by atoms with Crippen LogP contribution in [0.15, 0.2) is 12.4 Å². The Balaban J connectivity index is 2.66. The topological polar surface area (TPSA) is 70.1 Å². The van der Waals surface area contributed by atoms with Gasteiger partial charge in [-0.3, -0.25) is 0 Å². The molecule has 0 bridgehead atoms. The molecule has 84 valence electrons. The van der Waals surface area contributed by atoms with Crippen LogP contribution in [0.25, 0.3) is 0 Å². The molecule has 1 rings (SSSR count). The van der Waals surface area contributed by atoms with Gasteiger partial charge in [0.05, 0.1) is 6.20 Å². The molecule has 0 atom stereocenters. The first-order valence-electron chi connectivity index (χ1n) is 4.89. The lowest BCUT2D eigenvalue weighted by Crippen LogP contribution is -2.27. The molecule has 0 aliphatic heterocycles. The van der Waals surface area contributed by atoms with Crippen molar-refractivity contribution in [3.63, 3.8) is 0 Å². The second-order valence-corrected chi connectivity index (χ2v) is 4.31. The first kappa shape index (κ1) is 11.7. The van der Waals surface area contributed by atoms with Crippen LogP contribution in [0.5, 0.6) is 0 Å². The molecule has 1 aromatic rings. The Kier molecular flexibility index (Phi) is 3.47. The molecule has 0 radical (unpaired) electrons. The number of ether oxygens (including phenoxy) is 1. The molecular weight excluding hydrogens is 194 g/mol. The highest BCUT2D eigenvalue weighted by atomic mass is 16.6.